The van der Waals surface area contributed by atoms with E-state index in [1.165, 1.54) is 0 Å². The fraction of sp³-hybridized carbons (Fsp3) is 0.273. The average Bonchev–Trinajstić information content (AvgIpc) is 2.75. The largest absolute Gasteiger partial charge is 0.352 e. The fourth-order valence-corrected chi connectivity index (χ4v) is 1.38. The maximum absolute atomic E-state index is 8.69. The summed E-state index contributed by atoms with van der Waals surface area (Å²) in [5.41, 5.74) is 1.49. The van der Waals surface area contributed by atoms with Gasteiger partial charge in [0.05, 0.1) is 12.7 Å². The Morgan fingerprint density at radius 2 is 2.41 bits per heavy atom. The van der Waals surface area contributed by atoms with Gasteiger partial charge in [-0.25, -0.2) is 9.97 Å². The Bertz CT molecular complexity index is 539. The Balaban J connectivity index is 1.88. The van der Waals surface area contributed by atoms with E-state index in [-0.39, 0.29) is 0 Å². The molecular weight excluding hydrogens is 216 g/mol. The molecule has 0 aliphatic rings. The van der Waals surface area contributed by atoms with Crippen LogP contribution in [0.4, 0.5) is 5.95 Å². The van der Waals surface area contributed by atoms with Crippen LogP contribution in [0, 0.1) is 18.3 Å². The number of rotatable bonds is 4. The zero-order valence-electron chi connectivity index (χ0n) is 9.46. The predicted octanol–water partition coefficient (Wildman–Crippen LogP) is 0.965. The van der Waals surface area contributed by atoms with Gasteiger partial charge in [0.25, 0.3) is 0 Å². The highest BCUT2D eigenvalue weighted by Crippen LogP contribution is 1.99. The maximum atomic E-state index is 8.69. The Labute approximate surface area is 98.9 Å². The van der Waals surface area contributed by atoms with Crippen molar-refractivity contribution in [3.8, 4) is 6.07 Å². The quantitative estimate of drug-likeness (QED) is 0.843. The van der Waals surface area contributed by atoms with Gasteiger partial charge in [0.2, 0.25) is 5.95 Å². The second kappa shape index (κ2) is 5.07. The summed E-state index contributed by atoms with van der Waals surface area (Å²) in [5, 5.41) is 15.9. The molecule has 0 aliphatic carbocycles. The fourth-order valence-electron chi connectivity index (χ4n) is 1.38. The topological polar surface area (TPSA) is 79.4 Å². The third-order valence-electron chi connectivity index (χ3n) is 2.16. The van der Waals surface area contributed by atoms with Gasteiger partial charge in [0.1, 0.15) is 11.8 Å². The number of nitrogens with one attached hydrogen (secondary N) is 1. The first-order chi connectivity index (χ1) is 8.28. The normalized spacial score (nSPS) is 9.88. The summed E-state index contributed by atoms with van der Waals surface area (Å²) in [6.45, 7) is 3.39. The van der Waals surface area contributed by atoms with E-state index in [2.05, 4.69) is 20.4 Å². The van der Waals surface area contributed by atoms with E-state index >= 15 is 0 Å². The molecule has 17 heavy (non-hydrogen) atoms. The molecule has 86 valence electrons. The van der Waals surface area contributed by atoms with E-state index in [1.807, 2.05) is 30.1 Å². The molecular formula is C11H12N6. The summed E-state index contributed by atoms with van der Waals surface area (Å²) >= 11 is 0. The highest BCUT2D eigenvalue weighted by atomic mass is 15.3. The molecule has 0 fully saturated rings. The van der Waals surface area contributed by atoms with Gasteiger partial charge >= 0.3 is 0 Å². The van der Waals surface area contributed by atoms with Crippen LogP contribution in [0.2, 0.25) is 0 Å². The Hall–Kier alpha value is -2.42. The van der Waals surface area contributed by atoms with E-state index < -0.39 is 0 Å². The van der Waals surface area contributed by atoms with Crippen molar-refractivity contribution >= 4 is 5.95 Å². The summed E-state index contributed by atoms with van der Waals surface area (Å²) in [6.07, 6.45) is 5.34. The van der Waals surface area contributed by atoms with Gasteiger partial charge in [-0.3, -0.25) is 4.68 Å². The predicted molar refractivity (Wildman–Crippen MR) is 62.2 cm³/mol. The number of hydrogen-bond donors (Lipinski definition) is 1. The zero-order chi connectivity index (χ0) is 12.1. The average molecular weight is 228 g/mol. The molecule has 2 aromatic heterocycles. The van der Waals surface area contributed by atoms with Crippen molar-refractivity contribution < 1.29 is 0 Å². The van der Waals surface area contributed by atoms with Gasteiger partial charge in [0, 0.05) is 18.9 Å². The molecule has 0 saturated heterocycles. The van der Waals surface area contributed by atoms with E-state index in [0.717, 1.165) is 12.1 Å². The lowest BCUT2D eigenvalue weighted by Crippen LogP contribution is -2.12. The monoisotopic (exact) mass is 228 g/mol. The molecule has 6 heteroatoms. The standard InChI is InChI=1S/C11H12N6/c1-9-7-15-17(8-9)5-4-14-11-13-3-2-10(6-12)16-11/h2-3,7-8H,4-5H2,1H3,(H,13,14,16). The van der Waals surface area contributed by atoms with Crippen molar-refractivity contribution in [2.24, 2.45) is 0 Å². The van der Waals surface area contributed by atoms with Crippen LogP contribution < -0.4 is 5.32 Å². The van der Waals surface area contributed by atoms with Crippen LogP contribution in [0.15, 0.2) is 24.7 Å². The summed E-state index contributed by atoms with van der Waals surface area (Å²) in [4.78, 5) is 8.04. The van der Waals surface area contributed by atoms with Crippen LogP contribution in [0.3, 0.4) is 0 Å². The van der Waals surface area contributed by atoms with Crippen LogP contribution in [0.25, 0.3) is 0 Å². The minimum absolute atomic E-state index is 0.359. The summed E-state index contributed by atoms with van der Waals surface area (Å²) < 4.78 is 1.84. The lowest BCUT2D eigenvalue weighted by Gasteiger charge is -2.04. The third kappa shape index (κ3) is 3.01. The molecule has 0 aliphatic heterocycles. The highest BCUT2D eigenvalue weighted by molar-refractivity contribution is 5.29. The van der Waals surface area contributed by atoms with Gasteiger partial charge < -0.3 is 5.32 Å². The first-order valence-electron chi connectivity index (χ1n) is 5.24. The van der Waals surface area contributed by atoms with Crippen molar-refractivity contribution in [1.29, 1.82) is 5.26 Å². The zero-order valence-corrected chi connectivity index (χ0v) is 9.46. The second-order valence-electron chi connectivity index (χ2n) is 3.58. The van der Waals surface area contributed by atoms with Crippen LogP contribution in [-0.2, 0) is 6.54 Å². The molecule has 6 nitrogen and oxygen atoms in total. The molecule has 0 spiro atoms. The summed E-state index contributed by atoms with van der Waals surface area (Å²) in [6, 6.07) is 3.54. The van der Waals surface area contributed by atoms with Gasteiger partial charge in [-0.15, -0.1) is 0 Å². The molecule has 1 N–H and O–H groups in total. The van der Waals surface area contributed by atoms with E-state index in [0.29, 0.717) is 18.2 Å². The summed E-state index contributed by atoms with van der Waals surface area (Å²) in [7, 11) is 0. The van der Waals surface area contributed by atoms with Crippen molar-refractivity contribution in [3.63, 3.8) is 0 Å². The highest BCUT2D eigenvalue weighted by Gasteiger charge is 1.98. The minimum Gasteiger partial charge on any atom is -0.352 e. The molecule has 0 aromatic carbocycles. The molecule has 0 unspecified atom stereocenters. The molecule has 0 radical (unpaired) electrons. The Kier molecular flexibility index (Phi) is 3.31. The van der Waals surface area contributed by atoms with Crippen molar-refractivity contribution in [2.45, 2.75) is 13.5 Å². The number of anilines is 1. The third-order valence-corrected chi connectivity index (χ3v) is 2.16. The smallest absolute Gasteiger partial charge is 0.223 e. The summed E-state index contributed by atoms with van der Waals surface area (Å²) in [5.74, 6) is 0.466. The Morgan fingerprint density at radius 3 is 3.12 bits per heavy atom. The van der Waals surface area contributed by atoms with Gasteiger partial charge in [-0.1, -0.05) is 0 Å². The van der Waals surface area contributed by atoms with Gasteiger partial charge in [-0.2, -0.15) is 10.4 Å². The van der Waals surface area contributed by atoms with Crippen molar-refractivity contribution in [1.82, 2.24) is 19.7 Å². The molecule has 0 saturated carbocycles. The lowest BCUT2D eigenvalue weighted by atomic mass is 10.4. The first kappa shape index (κ1) is 11.1. The molecule has 0 bridgehead atoms. The molecule has 2 heterocycles. The minimum atomic E-state index is 0.359. The van der Waals surface area contributed by atoms with Crippen LogP contribution in [-0.4, -0.2) is 26.3 Å². The number of hydrogen-bond acceptors (Lipinski definition) is 5. The SMILES string of the molecule is Cc1cnn(CCNc2nccc(C#N)n2)c1. The molecule has 0 amide bonds. The first-order valence-corrected chi connectivity index (χ1v) is 5.24. The maximum Gasteiger partial charge on any atom is 0.223 e. The number of nitrogens with zero attached hydrogens (tertiary/aromatic N) is 5. The van der Waals surface area contributed by atoms with Gasteiger partial charge in [-0.05, 0) is 18.6 Å². The van der Waals surface area contributed by atoms with Crippen molar-refractivity contribution in [3.05, 3.63) is 35.9 Å². The molecule has 0 atom stereocenters. The second-order valence-corrected chi connectivity index (χ2v) is 3.58. The van der Waals surface area contributed by atoms with Crippen LogP contribution in [0.1, 0.15) is 11.3 Å². The number of nitriles is 1. The molecule has 2 rings (SSSR count). The van der Waals surface area contributed by atoms with E-state index in [4.69, 9.17) is 5.26 Å². The van der Waals surface area contributed by atoms with Gasteiger partial charge in [0.15, 0.2) is 0 Å². The van der Waals surface area contributed by atoms with Crippen LogP contribution >= 0.6 is 0 Å². The van der Waals surface area contributed by atoms with E-state index in [9.17, 15) is 0 Å². The molecule has 2 aromatic rings. The lowest BCUT2D eigenvalue weighted by molar-refractivity contribution is 0.635. The Morgan fingerprint density at radius 1 is 1.53 bits per heavy atom. The van der Waals surface area contributed by atoms with Crippen LogP contribution in [0.5, 0.6) is 0 Å². The van der Waals surface area contributed by atoms with Crippen molar-refractivity contribution in [2.75, 3.05) is 11.9 Å². The van der Waals surface area contributed by atoms with E-state index in [1.54, 1.807) is 12.3 Å². The number of aromatic nitrogens is 4. The number of aryl methyl sites for hydroxylation is 1.